The molecule has 2 aromatic rings. The summed E-state index contributed by atoms with van der Waals surface area (Å²) < 4.78 is 53.9. The molecule has 2 amide bonds. The molecule has 2 heterocycles. The van der Waals surface area contributed by atoms with E-state index in [2.05, 4.69) is 15.0 Å². The highest BCUT2D eigenvalue weighted by atomic mass is 32.1. The number of rotatable bonds is 7. The monoisotopic (exact) mass is 473 g/mol. The summed E-state index contributed by atoms with van der Waals surface area (Å²) in [4.78, 5) is 29.3. The molecule has 174 valence electrons. The van der Waals surface area contributed by atoms with Crippen LogP contribution in [0.5, 0.6) is 0 Å². The lowest BCUT2D eigenvalue weighted by atomic mass is 10.2. The van der Waals surface area contributed by atoms with Gasteiger partial charge in [-0.25, -0.2) is 9.18 Å². The average molecular weight is 473 g/mol. The van der Waals surface area contributed by atoms with Crippen molar-refractivity contribution < 1.29 is 31.9 Å². The van der Waals surface area contributed by atoms with Crippen LogP contribution < -0.4 is 5.32 Å². The van der Waals surface area contributed by atoms with Gasteiger partial charge in [0, 0.05) is 61.0 Å². The van der Waals surface area contributed by atoms with Crippen LogP contribution in [0.3, 0.4) is 0 Å². The van der Waals surface area contributed by atoms with Crippen LogP contribution in [0.25, 0.3) is 10.4 Å². The molecule has 6 nitrogen and oxygen atoms in total. The molecule has 1 fully saturated rings. The number of nitrogens with one attached hydrogen (secondary N) is 1. The summed E-state index contributed by atoms with van der Waals surface area (Å²) >= 11 is 1.54. The molecule has 0 saturated carbocycles. The van der Waals surface area contributed by atoms with Gasteiger partial charge in [-0.3, -0.25) is 9.69 Å². The second-order valence-electron chi connectivity index (χ2n) is 7.27. The number of hydrogen-bond acceptors (Lipinski definition) is 5. The lowest BCUT2D eigenvalue weighted by Gasteiger charge is -2.34. The van der Waals surface area contributed by atoms with Crippen molar-refractivity contribution in [2.45, 2.75) is 19.1 Å². The third-order valence-corrected chi connectivity index (χ3v) is 5.98. The first-order valence-electron chi connectivity index (χ1n) is 10.0. The summed E-state index contributed by atoms with van der Waals surface area (Å²) in [5.41, 5.74) is 0.579. The summed E-state index contributed by atoms with van der Waals surface area (Å²) in [5, 5.41) is 2.14. The maximum atomic E-state index is 14.0. The van der Waals surface area contributed by atoms with E-state index in [9.17, 15) is 27.2 Å². The number of alkyl carbamates (subject to hydrolysis) is 1. The molecular weight excluding hydrogens is 450 g/mol. The average Bonchev–Trinajstić information content (AvgIpc) is 3.20. The van der Waals surface area contributed by atoms with Gasteiger partial charge in [-0.05, 0) is 18.2 Å². The number of alkyl halides is 3. The van der Waals surface area contributed by atoms with E-state index in [1.54, 1.807) is 23.1 Å². The van der Waals surface area contributed by atoms with Crippen molar-refractivity contribution in [2.24, 2.45) is 0 Å². The van der Waals surface area contributed by atoms with Crippen molar-refractivity contribution in [2.75, 3.05) is 39.3 Å². The first kappa shape index (κ1) is 24.0. The highest BCUT2D eigenvalue weighted by Gasteiger charge is 2.29. The van der Waals surface area contributed by atoms with E-state index >= 15 is 0 Å². The smallest absolute Gasteiger partial charge is 0.422 e. The van der Waals surface area contributed by atoms with Crippen LogP contribution in [0.15, 0.2) is 36.4 Å². The summed E-state index contributed by atoms with van der Waals surface area (Å²) in [5.74, 6) is -0.435. The van der Waals surface area contributed by atoms with Crippen LogP contribution in [-0.2, 0) is 16.1 Å². The molecule has 32 heavy (non-hydrogen) atoms. The number of halogens is 4. The van der Waals surface area contributed by atoms with Crippen LogP contribution in [0.4, 0.5) is 22.4 Å². The fraction of sp³-hybridized carbons (Fsp3) is 0.429. The fourth-order valence-corrected chi connectivity index (χ4v) is 4.35. The van der Waals surface area contributed by atoms with Crippen molar-refractivity contribution in [1.82, 2.24) is 15.1 Å². The summed E-state index contributed by atoms with van der Waals surface area (Å²) in [6.07, 6.45) is -5.81. The zero-order valence-corrected chi connectivity index (χ0v) is 18.0. The topological polar surface area (TPSA) is 61.9 Å². The van der Waals surface area contributed by atoms with Gasteiger partial charge in [0.05, 0.1) is 0 Å². The van der Waals surface area contributed by atoms with Crippen molar-refractivity contribution in [3.63, 3.8) is 0 Å². The third kappa shape index (κ3) is 7.20. The van der Waals surface area contributed by atoms with Gasteiger partial charge in [0.15, 0.2) is 6.61 Å². The zero-order chi connectivity index (χ0) is 23.1. The molecule has 1 aromatic carbocycles. The lowest BCUT2D eigenvalue weighted by Crippen LogP contribution is -2.48. The van der Waals surface area contributed by atoms with Crippen LogP contribution in [0.1, 0.15) is 11.3 Å². The second-order valence-corrected chi connectivity index (χ2v) is 8.44. The predicted molar refractivity (Wildman–Crippen MR) is 112 cm³/mol. The maximum absolute atomic E-state index is 14.0. The van der Waals surface area contributed by atoms with Gasteiger partial charge in [0.1, 0.15) is 5.82 Å². The van der Waals surface area contributed by atoms with Crippen LogP contribution in [0.2, 0.25) is 0 Å². The molecule has 3 rings (SSSR count). The Kier molecular flexibility index (Phi) is 8.08. The van der Waals surface area contributed by atoms with E-state index in [1.165, 1.54) is 17.4 Å². The van der Waals surface area contributed by atoms with Crippen molar-refractivity contribution in [3.05, 3.63) is 47.1 Å². The Morgan fingerprint density at radius 1 is 1.06 bits per heavy atom. The molecule has 0 bridgehead atoms. The van der Waals surface area contributed by atoms with Crippen LogP contribution >= 0.6 is 11.3 Å². The number of piperazine rings is 1. The number of benzene rings is 1. The molecule has 11 heteroatoms. The molecule has 0 atom stereocenters. The summed E-state index contributed by atoms with van der Waals surface area (Å²) in [6.45, 7) is 1.31. The van der Waals surface area contributed by atoms with E-state index < -0.39 is 18.9 Å². The second kappa shape index (κ2) is 10.8. The number of carbonyl (C=O) groups is 2. The van der Waals surface area contributed by atoms with Crippen LogP contribution in [-0.4, -0.2) is 67.3 Å². The first-order chi connectivity index (χ1) is 15.2. The van der Waals surface area contributed by atoms with Gasteiger partial charge in [-0.15, -0.1) is 11.3 Å². The summed E-state index contributed by atoms with van der Waals surface area (Å²) in [6, 6.07) is 10.5. The Balaban J connectivity index is 1.37. The van der Waals surface area contributed by atoms with E-state index in [0.29, 0.717) is 38.3 Å². The zero-order valence-electron chi connectivity index (χ0n) is 17.2. The molecule has 1 N–H and O–H groups in total. The Morgan fingerprint density at radius 3 is 2.47 bits per heavy atom. The SMILES string of the molecule is O=C(NCCC(=O)N1CCN(Cc2ccc(-c3ccccc3F)s2)CC1)OCC(F)(F)F. The molecule has 1 aliphatic heterocycles. The normalized spacial score (nSPS) is 14.9. The minimum Gasteiger partial charge on any atom is -0.440 e. The van der Waals surface area contributed by atoms with Gasteiger partial charge in [0.2, 0.25) is 5.91 Å². The molecule has 1 saturated heterocycles. The number of carbonyl (C=O) groups excluding carboxylic acids is 2. The molecule has 1 aromatic heterocycles. The van der Waals surface area contributed by atoms with E-state index in [0.717, 1.165) is 9.75 Å². The quantitative estimate of drug-likeness (QED) is 0.621. The largest absolute Gasteiger partial charge is 0.440 e. The number of hydrogen-bond donors (Lipinski definition) is 1. The predicted octanol–water partition coefficient (Wildman–Crippen LogP) is 3.88. The molecule has 0 aliphatic carbocycles. The van der Waals surface area contributed by atoms with Gasteiger partial charge >= 0.3 is 12.3 Å². The molecule has 0 spiro atoms. The number of ether oxygens (including phenoxy) is 1. The van der Waals surface area contributed by atoms with E-state index in [1.807, 2.05) is 12.1 Å². The minimum atomic E-state index is -4.59. The van der Waals surface area contributed by atoms with E-state index in [4.69, 9.17) is 0 Å². The van der Waals surface area contributed by atoms with Crippen molar-refractivity contribution in [1.29, 1.82) is 0 Å². The van der Waals surface area contributed by atoms with E-state index in [-0.39, 0.29) is 24.7 Å². The Morgan fingerprint density at radius 2 is 1.78 bits per heavy atom. The Bertz CT molecular complexity index is 927. The minimum absolute atomic E-state index is 0.0158. The molecule has 1 aliphatic rings. The number of amides is 2. The molecule has 0 unspecified atom stereocenters. The molecule has 0 radical (unpaired) electrons. The third-order valence-electron chi connectivity index (χ3n) is 4.88. The molecular formula is C21H23F4N3O3S. The van der Waals surface area contributed by atoms with Gasteiger partial charge in [-0.2, -0.15) is 13.2 Å². The van der Waals surface area contributed by atoms with Crippen molar-refractivity contribution in [3.8, 4) is 10.4 Å². The van der Waals surface area contributed by atoms with Gasteiger partial charge in [0.25, 0.3) is 0 Å². The highest BCUT2D eigenvalue weighted by molar-refractivity contribution is 7.15. The highest BCUT2D eigenvalue weighted by Crippen LogP contribution is 2.30. The fourth-order valence-electron chi connectivity index (χ4n) is 3.27. The first-order valence-corrected chi connectivity index (χ1v) is 10.8. The number of thiophene rings is 1. The van der Waals surface area contributed by atoms with Crippen molar-refractivity contribution >= 4 is 23.3 Å². The van der Waals surface area contributed by atoms with Gasteiger partial charge < -0.3 is 15.0 Å². The number of nitrogens with zero attached hydrogens (tertiary/aromatic N) is 2. The van der Waals surface area contributed by atoms with Crippen LogP contribution in [0, 0.1) is 5.82 Å². The maximum Gasteiger partial charge on any atom is 0.422 e. The Labute approximate surface area is 186 Å². The lowest BCUT2D eigenvalue weighted by molar-refractivity contribution is -0.160. The Hall–Kier alpha value is -2.66. The summed E-state index contributed by atoms with van der Waals surface area (Å²) in [7, 11) is 0. The standard InChI is InChI=1S/C21H23F4N3O3S/c22-17-4-2-1-3-16(17)18-6-5-15(32-18)13-27-9-11-28(12-10-27)19(29)7-8-26-20(30)31-14-21(23,24)25/h1-6H,7-14H2,(H,26,30). The van der Waals surface area contributed by atoms with Gasteiger partial charge in [-0.1, -0.05) is 18.2 Å².